The van der Waals surface area contributed by atoms with Crippen LogP contribution in [0.15, 0.2) is 47.1 Å². The summed E-state index contributed by atoms with van der Waals surface area (Å²) in [6, 6.07) is 11.9. The topological polar surface area (TPSA) is 31.0 Å². The number of benzene rings is 1. The van der Waals surface area contributed by atoms with Crippen LogP contribution in [-0.2, 0) is 7.05 Å². The number of fused-ring (bicyclic) bond motifs is 1. The highest BCUT2D eigenvalue weighted by Crippen LogP contribution is 2.39. The lowest BCUT2D eigenvalue weighted by Crippen LogP contribution is -1.81. The largest absolute Gasteiger partial charge is 0.356 e. The van der Waals surface area contributed by atoms with Gasteiger partial charge in [0, 0.05) is 41.3 Å². The summed E-state index contributed by atoms with van der Waals surface area (Å²) in [5, 5.41) is 5.26. The van der Waals surface area contributed by atoms with Crippen LogP contribution in [0, 0.1) is 0 Å². The van der Waals surface area contributed by atoms with Gasteiger partial charge in [-0.1, -0.05) is 46.6 Å². The van der Waals surface area contributed by atoms with Gasteiger partial charge in [-0.2, -0.15) is 0 Å². The second-order valence-electron chi connectivity index (χ2n) is 4.99. The third kappa shape index (κ3) is 2.15. The molecule has 0 unspecified atom stereocenters. The summed E-state index contributed by atoms with van der Waals surface area (Å²) in [6.45, 7) is 0. The Morgan fingerprint density at radius 1 is 1.14 bits per heavy atom. The molecule has 4 aromatic rings. The molecule has 6 heteroatoms. The minimum absolute atomic E-state index is 0.614. The first-order valence-electron chi connectivity index (χ1n) is 6.60. The molecule has 0 bridgehead atoms. The molecule has 0 aliphatic rings. The van der Waals surface area contributed by atoms with Gasteiger partial charge in [0.2, 0.25) is 0 Å². The molecule has 1 aromatic carbocycles. The van der Waals surface area contributed by atoms with Crippen LogP contribution in [0.25, 0.3) is 33.5 Å². The number of halogens is 2. The van der Waals surface area contributed by atoms with Gasteiger partial charge in [0.15, 0.2) is 5.76 Å². The summed E-state index contributed by atoms with van der Waals surface area (Å²) in [7, 11) is 2.01. The number of hydrogen-bond donors (Lipinski definition) is 0. The molecule has 0 amide bonds. The van der Waals surface area contributed by atoms with Crippen molar-refractivity contribution < 1.29 is 4.52 Å². The minimum Gasteiger partial charge on any atom is -0.356 e. The van der Waals surface area contributed by atoms with Crippen LogP contribution >= 0.6 is 34.5 Å². The van der Waals surface area contributed by atoms with Gasteiger partial charge in [0.05, 0.1) is 4.34 Å². The van der Waals surface area contributed by atoms with E-state index < -0.39 is 0 Å². The maximum Gasteiger partial charge on any atom is 0.169 e. The second-order valence-corrected chi connectivity index (χ2v) is 7.27. The van der Waals surface area contributed by atoms with E-state index in [9.17, 15) is 0 Å². The fourth-order valence-electron chi connectivity index (χ4n) is 2.58. The van der Waals surface area contributed by atoms with Crippen LogP contribution in [0.2, 0.25) is 8.67 Å². The average molecular weight is 349 g/mol. The summed E-state index contributed by atoms with van der Waals surface area (Å²) >= 11 is 13.5. The fourth-order valence-corrected chi connectivity index (χ4v) is 4.06. The highest BCUT2D eigenvalue weighted by atomic mass is 35.5. The van der Waals surface area contributed by atoms with E-state index >= 15 is 0 Å². The molecule has 3 nitrogen and oxygen atoms in total. The van der Waals surface area contributed by atoms with Crippen molar-refractivity contribution in [2.45, 2.75) is 0 Å². The molecule has 0 N–H and O–H groups in total. The van der Waals surface area contributed by atoms with E-state index in [1.54, 1.807) is 6.07 Å². The quantitative estimate of drug-likeness (QED) is 0.453. The molecule has 0 aliphatic heterocycles. The van der Waals surface area contributed by atoms with Crippen LogP contribution in [0.5, 0.6) is 0 Å². The lowest BCUT2D eigenvalue weighted by Gasteiger charge is -1.93. The lowest BCUT2D eigenvalue weighted by atomic mass is 10.1. The maximum atomic E-state index is 6.18. The van der Waals surface area contributed by atoms with Crippen LogP contribution in [0.4, 0.5) is 0 Å². The first-order chi connectivity index (χ1) is 10.6. The van der Waals surface area contributed by atoms with Crippen molar-refractivity contribution in [3.8, 4) is 22.6 Å². The van der Waals surface area contributed by atoms with Gasteiger partial charge < -0.3 is 9.09 Å². The SMILES string of the molecule is Cn1cc(-c2cc(-c3cc(Cl)sc3Cl)no2)c2ccccc21. The van der Waals surface area contributed by atoms with Crippen LogP contribution in [-0.4, -0.2) is 9.72 Å². The number of nitrogens with zero attached hydrogens (tertiary/aromatic N) is 2. The highest BCUT2D eigenvalue weighted by molar-refractivity contribution is 7.20. The van der Waals surface area contributed by atoms with Crippen molar-refractivity contribution in [1.29, 1.82) is 0 Å². The van der Waals surface area contributed by atoms with Crippen LogP contribution < -0.4 is 0 Å². The standard InChI is InChI=1S/C16H10Cl2N2OS/c1-20-8-11(9-4-2-3-5-13(9)20)14-7-12(19-21-14)10-6-15(17)22-16(10)18/h2-8H,1H3. The van der Waals surface area contributed by atoms with Gasteiger partial charge in [-0.15, -0.1) is 11.3 Å². The third-order valence-corrected chi connectivity index (χ3v) is 5.09. The first-order valence-corrected chi connectivity index (χ1v) is 8.17. The summed E-state index contributed by atoms with van der Waals surface area (Å²) in [5.74, 6) is 0.713. The highest BCUT2D eigenvalue weighted by Gasteiger charge is 2.16. The summed E-state index contributed by atoms with van der Waals surface area (Å²) in [5.41, 5.74) is 3.64. The predicted octanol–water partition coefficient (Wildman–Crippen LogP) is 5.87. The fraction of sp³-hybridized carbons (Fsp3) is 0.0625. The number of aryl methyl sites for hydroxylation is 1. The van der Waals surface area contributed by atoms with E-state index in [4.69, 9.17) is 27.7 Å². The van der Waals surface area contributed by atoms with E-state index in [0.717, 1.165) is 22.0 Å². The zero-order valence-electron chi connectivity index (χ0n) is 11.5. The molecule has 4 rings (SSSR count). The lowest BCUT2D eigenvalue weighted by molar-refractivity contribution is 0.435. The van der Waals surface area contributed by atoms with Crippen molar-refractivity contribution in [1.82, 2.24) is 9.72 Å². The zero-order chi connectivity index (χ0) is 15.3. The number of para-hydroxylation sites is 1. The smallest absolute Gasteiger partial charge is 0.169 e. The van der Waals surface area contributed by atoms with Crippen LogP contribution in [0.3, 0.4) is 0 Å². The average Bonchev–Trinajstić information content (AvgIpc) is 3.18. The predicted molar refractivity (Wildman–Crippen MR) is 91.7 cm³/mol. The number of thiophene rings is 1. The molecule has 0 aliphatic carbocycles. The van der Waals surface area contributed by atoms with Gasteiger partial charge in [0.25, 0.3) is 0 Å². The van der Waals surface area contributed by atoms with Gasteiger partial charge in [-0.05, 0) is 12.1 Å². The van der Waals surface area contributed by atoms with E-state index in [-0.39, 0.29) is 0 Å². The van der Waals surface area contributed by atoms with E-state index in [2.05, 4.69) is 21.9 Å². The van der Waals surface area contributed by atoms with Gasteiger partial charge in [-0.3, -0.25) is 0 Å². The maximum absolute atomic E-state index is 6.18. The molecule has 22 heavy (non-hydrogen) atoms. The van der Waals surface area contributed by atoms with Crippen molar-refractivity contribution in [2.24, 2.45) is 7.05 Å². The third-order valence-electron chi connectivity index (χ3n) is 3.61. The van der Waals surface area contributed by atoms with Gasteiger partial charge in [0.1, 0.15) is 10.0 Å². The monoisotopic (exact) mass is 348 g/mol. The van der Waals surface area contributed by atoms with Crippen molar-refractivity contribution in [3.05, 3.63) is 51.3 Å². The molecule has 3 aromatic heterocycles. The molecule has 3 heterocycles. The van der Waals surface area contributed by atoms with Crippen molar-refractivity contribution >= 4 is 45.4 Å². The number of rotatable bonds is 2. The Balaban J connectivity index is 1.85. The first kappa shape index (κ1) is 13.9. The molecule has 0 fully saturated rings. The second kappa shape index (κ2) is 5.16. The Bertz CT molecular complexity index is 983. The Hall–Kier alpha value is -1.75. The molecule has 110 valence electrons. The number of aromatic nitrogens is 2. The number of hydrogen-bond acceptors (Lipinski definition) is 3. The normalized spacial score (nSPS) is 11.4. The van der Waals surface area contributed by atoms with Gasteiger partial charge in [-0.25, -0.2) is 0 Å². The van der Waals surface area contributed by atoms with Crippen molar-refractivity contribution in [2.75, 3.05) is 0 Å². The Morgan fingerprint density at radius 3 is 2.73 bits per heavy atom. The summed E-state index contributed by atoms with van der Waals surface area (Å²) < 4.78 is 8.85. The van der Waals surface area contributed by atoms with E-state index in [1.165, 1.54) is 11.3 Å². The van der Waals surface area contributed by atoms with Crippen LogP contribution in [0.1, 0.15) is 0 Å². The summed E-state index contributed by atoms with van der Waals surface area (Å²) in [6.07, 6.45) is 2.04. The van der Waals surface area contributed by atoms with E-state index in [0.29, 0.717) is 20.1 Å². The molecule has 0 atom stereocenters. The molecule has 0 saturated carbocycles. The Kier molecular flexibility index (Phi) is 3.26. The molecule has 0 radical (unpaired) electrons. The molecule has 0 saturated heterocycles. The summed E-state index contributed by atoms with van der Waals surface area (Å²) in [4.78, 5) is 0. The van der Waals surface area contributed by atoms with Gasteiger partial charge >= 0.3 is 0 Å². The van der Waals surface area contributed by atoms with Crippen molar-refractivity contribution in [3.63, 3.8) is 0 Å². The minimum atomic E-state index is 0.614. The zero-order valence-corrected chi connectivity index (χ0v) is 13.8. The van der Waals surface area contributed by atoms with E-state index in [1.807, 2.05) is 31.4 Å². The molecule has 0 spiro atoms. The molecular formula is C16H10Cl2N2OS. The Labute approximate surface area is 140 Å². The molecular weight excluding hydrogens is 339 g/mol. The Morgan fingerprint density at radius 2 is 1.95 bits per heavy atom.